The molecule has 36 heavy (non-hydrogen) atoms. The number of pyridine rings is 1. The van der Waals surface area contributed by atoms with Crippen molar-refractivity contribution in [2.24, 2.45) is 7.05 Å². The molecule has 0 spiro atoms. The highest BCUT2D eigenvalue weighted by Gasteiger charge is 2.28. The van der Waals surface area contributed by atoms with Crippen molar-refractivity contribution < 1.29 is 8.98 Å². The Morgan fingerprint density at radius 3 is 2.36 bits per heavy atom. The molecule has 2 heterocycles. The van der Waals surface area contributed by atoms with Gasteiger partial charge in [0.05, 0.1) is 17.2 Å². The number of benzene rings is 3. The molecule has 2 aromatic heterocycles. The molecule has 0 radical (unpaired) electrons. The van der Waals surface area contributed by atoms with Crippen molar-refractivity contribution in [3.8, 4) is 28.5 Å². The number of fused-ring (bicyclic) bond motifs is 3. The minimum absolute atomic E-state index is 0.640. The van der Waals surface area contributed by atoms with Crippen LogP contribution in [-0.4, -0.2) is 0 Å². The lowest BCUT2D eigenvalue weighted by Gasteiger charge is -2.16. The number of nitrogens with zero attached hydrogens (tertiary/aromatic N) is 2. The van der Waals surface area contributed by atoms with E-state index in [1.807, 2.05) is 30.3 Å². The fourth-order valence-corrected chi connectivity index (χ4v) is 6.15. The van der Waals surface area contributed by atoms with Gasteiger partial charge in [-0.1, -0.05) is 55.3 Å². The molecule has 1 aliphatic rings. The summed E-state index contributed by atoms with van der Waals surface area (Å²) >= 11 is 0. The third-order valence-corrected chi connectivity index (χ3v) is 8.35. The molecule has 3 heteroatoms. The van der Waals surface area contributed by atoms with Crippen molar-refractivity contribution in [2.45, 2.75) is 52.4 Å². The SMILES string of the molecule is Cc1ccc2c(oc3c(-c4ccccc4)cc(C#N)cc32)c1-c1cc(C2CCCC2)c(C)c(C)[n+]1C. The molecule has 1 aliphatic carbocycles. The van der Waals surface area contributed by atoms with E-state index < -0.39 is 0 Å². The molecule has 6 rings (SSSR count). The number of hydrogen-bond donors (Lipinski definition) is 0. The van der Waals surface area contributed by atoms with E-state index in [2.05, 4.69) is 68.8 Å². The van der Waals surface area contributed by atoms with Crippen LogP contribution < -0.4 is 4.57 Å². The summed E-state index contributed by atoms with van der Waals surface area (Å²) in [7, 11) is 2.17. The molecule has 1 fully saturated rings. The summed E-state index contributed by atoms with van der Waals surface area (Å²) in [5.74, 6) is 0.640. The molecule has 0 bridgehead atoms. The van der Waals surface area contributed by atoms with Crippen LogP contribution in [0.1, 0.15) is 59.5 Å². The van der Waals surface area contributed by atoms with Crippen molar-refractivity contribution in [3.63, 3.8) is 0 Å². The molecule has 0 atom stereocenters. The Balaban J connectivity index is 1.68. The van der Waals surface area contributed by atoms with Gasteiger partial charge in [-0.15, -0.1) is 0 Å². The van der Waals surface area contributed by atoms with Gasteiger partial charge in [0.25, 0.3) is 0 Å². The van der Waals surface area contributed by atoms with Crippen LogP contribution in [0.4, 0.5) is 0 Å². The monoisotopic (exact) mass is 471 g/mol. The lowest BCUT2D eigenvalue weighted by Crippen LogP contribution is -2.36. The topological polar surface area (TPSA) is 40.8 Å². The second kappa shape index (κ2) is 8.64. The largest absolute Gasteiger partial charge is 0.454 e. The van der Waals surface area contributed by atoms with Gasteiger partial charge >= 0.3 is 0 Å². The van der Waals surface area contributed by atoms with Crippen LogP contribution in [0.5, 0.6) is 0 Å². The Kier molecular flexibility index (Phi) is 5.41. The average Bonchev–Trinajstić information content (AvgIpc) is 3.56. The minimum Gasteiger partial charge on any atom is -0.454 e. The zero-order valence-corrected chi connectivity index (χ0v) is 21.5. The number of nitriles is 1. The summed E-state index contributed by atoms with van der Waals surface area (Å²) in [6.07, 6.45) is 5.19. The summed E-state index contributed by atoms with van der Waals surface area (Å²) in [5, 5.41) is 11.8. The maximum Gasteiger partial charge on any atom is 0.216 e. The van der Waals surface area contributed by atoms with Gasteiger partial charge in [0, 0.05) is 34.9 Å². The van der Waals surface area contributed by atoms with Gasteiger partial charge in [-0.3, -0.25) is 0 Å². The van der Waals surface area contributed by atoms with E-state index in [1.165, 1.54) is 53.8 Å². The summed E-state index contributed by atoms with van der Waals surface area (Å²) < 4.78 is 9.09. The van der Waals surface area contributed by atoms with E-state index in [-0.39, 0.29) is 0 Å². The Morgan fingerprint density at radius 2 is 1.64 bits per heavy atom. The summed E-state index contributed by atoms with van der Waals surface area (Å²) in [6, 6.07) is 23.2. The van der Waals surface area contributed by atoms with Crippen LogP contribution >= 0.6 is 0 Å². The molecule has 0 amide bonds. The Hall–Kier alpha value is -3.90. The molecule has 1 saturated carbocycles. The maximum absolute atomic E-state index is 9.80. The first-order valence-corrected chi connectivity index (χ1v) is 12.9. The van der Waals surface area contributed by atoms with E-state index in [1.54, 1.807) is 0 Å². The number of aryl methyl sites for hydroxylation is 1. The molecule has 0 aliphatic heterocycles. The second-order valence-corrected chi connectivity index (χ2v) is 10.4. The number of rotatable bonds is 3. The van der Waals surface area contributed by atoms with Crippen LogP contribution in [0.15, 0.2) is 65.1 Å². The van der Waals surface area contributed by atoms with Crippen LogP contribution in [-0.2, 0) is 7.05 Å². The molecule has 5 aromatic rings. The molecule has 3 nitrogen and oxygen atoms in total. The van der Waals surface area contributed by atoms with Gasteiger partial charge in [0.2, 0.25) is 5.69 Å². The van der Waals surface area contributed by atoms with Gasteiger partial charge in [0.15, 0.2) is 5.69 Å². The van der Waals surface area contributed by atoms with E-state index in [4.69, 9.17) is 4.42 Å². The van der Waals surface area contributed by atoms with Crippen molar-refractivity contribution >= 4 is 21.9 Å². The molecule has 0 N–H and O–H groups in total. The molecule has 0 unspecified atom stereocenters. The standard InChI is InChI=1S/C33H31N2O/c1-20-14-15-26-29-17-23(19-34)16-28(25-10-6-5-7-11-25)32(29)36-33(26)31(20)30-18-27(24-12-8-9-13-24)21(2)22(3)35(30)4/h5-7,10-11,14-18,24H,8-9,12-13H2,1-4H3/q+1. The highest BCUT2D eigenvalue weighted by molar-refractivity contribution is 6.13. The molecule has 3 aromatic carbocycles. The van der Waals surface area contributed by atoms with E-state index in [0.29, 0.717) is 11.5 Å². The molecular weight excluding hydrogens is 440 g/mol. The van der Waals surface area contributed by atoms with E-state index >= 15 is 0 Å². The van der Waals surface area contributed by atoms with Crippen LogP contribution in [0.3, 0.4) is 0 Å². The fraction of sp³-hybridized carbons (Fsp3) is 0.273. The predicted octanol–water partition coefficient (Wildman–Crippen LogP) is 8.20. The average molecular weight is 472 g/mol. The molecular formula is C33H31N2O+. The van der Waals surface area contributed by atoms with Gasteiger partial charge in [-0.2, -0.15) is 9.83 Å². The summed E-state index contributed by atoms with van der Waals surface area (Å²) in [6.45, 7) is 6.68. The van der Waals surface area contributed by atoms with Crippen LogP contribution in [0.25, 0.3) is 44.3 Å². The Labute approximate surface area is 212 Å². The van der Waals surface area contributed by atoms with Crippen molar-refractivity contribution in [3.05, 3.63) is 88.6 Å². The zero-order valence-electron chi connectivity index (χ0n) is 21.5. The number of furan rings is 1. The van der Waals surface area contributed by atoms with Gasteiger partial charge in [-0.05, 0) is 61.4 Å². The van der Waals surface area contributed by atoms with Crippen molar-refractivity contribution in [1.82, 2.24) is 0 Å². The van der Waals surface area contributed by atoms with E-state index in [9.17, 15) is 5.26 Å². The zero-order chi connectivity index (χ0) is 25.0. The first-order valence-electron chi connectivity index (χ1n) is 12.9. The third-order valence-electron chi connectivity index (χ3n) is 8.35. The highest BCUT2D eigenvalue weighted by Crippen LogP contribution is 2.43. The third kappa shape index (κ3) is 3.44. The summed E-state index contributed by atoms with van der Waals surface area (Å²) in [5.41, 5.74) is 12.1. The first kappa shape index (κ1) is 22.6. The number of aromatic nitrogens is 1. The van der Waals surface area contributed by atoms with E-state index in [0.717, 1.165) is 38.6 Å². The fourth-order valence-electron chi connectivity index (χ4n) is 6.15. The van der Waals surface area contributed by atoms with Gasteiger partial charge in [-0.25, -0.2) is 0 Å². The molecule has 0 saturated heterocycles. The van der Waals surface area contributed by atoms with Crippen LogP contribution in [0, 0.1) is 32.1 Å². The number of hydrogen-bond acceptors (Lipinski definition) is 2. The maximum atomic E-state index is 9.80. The quantitative estimate of drug-likeness (QED) is 0.249. The van der Waals surface area contributed by atoms with Crippen molar-refractivity contribution in [1.29, 1.82) is 5.26 Å². The normalized spacial score (nSPS) is 14.1. The first-order chi connectivity index (χ1) is 17.5. The highest BCUT2D eigenvalue weighted by atomic mass is 16.3. The lowest BCUT2D eigenvalue weighted by molar-refractivity contribution is -0.667. The summed E-state index contributed by atoms with van der Waals surface area (Å²) in [4.78, 5) is 0. The second-order valence-electron chi connectivity index (χ2n) is 10.4. The van der Waals surface area contributed by atoms with Crippen LogP contribution in [0.2, 0.25) is 0 Å². The smallest absolute Gasteiger partial charge is 0.216 e. The lowest BCUT2D eigenvalue weighted by atomic mass is 9.90. The Bertz CT molecular complexity index is 1680. The van der Waals surface area contributed by atoms with Gasteiger partial charge in [0.1, 0.15) is 18.2 Å². The van der Waals surface area contributed by atoms with Gasteiger partial charge < -0.3 is 4.42 Å². The Morgan fingerprint density at radius 1 is 0.889 bits per heavy atom. The predicted molar refractivity (Wildman–Crippen MR) is 146 cm³/mol. The minimum atomic E-state index is 0.640. The van der Waals surface area contributed by atoms with Crippen molar-refractivity contribution in [2.75, 3.05) is 0 Å². The molecule has 178 valence electrons.